The quantitative estimate of drug-likeness (QED) is 0.723. The van der Waals surface area contributed by atoms with E-state index in [2.05, 4.69) is 19.3 Å². The summed E-state index contributed by atoms with van der Waals surface area (Å²) in [5.41, 5.74) is 3.82. The van der Waals surface area contributed by atoms with Crippen molar-refractivity contribution in [3.05, 3.63) is 42.4 Å². The number of morpholine rings is 1. The summed E-state index contributed by atoms with van der Waals surface area (Å²) in [7, 11) is 0. The minimum atomic E-state index is 0.724. The van der Waals surface area contributed by atoms with E-state index in [9.17, 15) is 0 Å². The molecule has 0 atom stereocenters. The summed E-state index contributed by atoms with van der Waals surface area (Å²) in [4.78, 5) is 15.9. The van der Waals surface area contributed by atoms with Crippen LogP contribution in [0.1, 0.15) is 5.69 Å². The van der Waals surface area contributed by atoms with Gasteiger partial charge in [0.15, 0.2) is 0 Å². The van der Waals surface area contributed by atoms with E-state index < -0.39 is 0 Å². The molecule has 22 heavy (non-hydrogen) atoms. The summed E-state index contributed by atoms with van der Waals surface area (Å²) in [6.07, 6.45) is 3.83. The van der Waals surface area contributed by atoms with E-state index in [4.69, 9.17) is 9.72 Å². The summed E-state index contributed by atoms with van der Waals surface area (Å²) < 4.78 is 7.46. The first kappa shape index (κ1) is 13.2. The van der Waals surface area contributed by atoms with Gasteiger partial charge in [0.25, 0.3) is 0 Å². The zero-order chi connectivity index (χ0) is 14.9. The molecule has 0 amide bonds. The molecule has 0 radical (unpaired) electrons. The Morgan fingerprint density at radius 3 is 2.82 bits per heavy atom. The molecule has 0 spiro atoms. The molecule has 0 bridgehead atoms. The molecule has 1 fully saturated rings. The Morgan fingerprint density at radius 2 is 1.95 bits per heavy atom. The fourth-order valence-electron chi connectivity index (χ4n) is 2.82. The predicted molar refractivity (Wildman–Crippen MR) is 84.0 cm³/mol. The Hall–Kier alpha value is -2.47. The van der Waals surface area contributed by atoms with Crippen LogP contribution >= 0.6 is 0 Å². The van der Waals surface area contributed by atoms with Crippen LogP contribution in [0.2, 0.25) is 0 Å². The molecule has 4 rings (SSSR count). The predicted octanol–water partition coefficient (Wildman–Crippen LogP) is 1.94. The third kappa shape index (κ3) is 2.21. The van der Waals surface area contributed by atoms with E-state index in [-0.39, 0.29) is 0 Å². The van der Waals surface area contributed by atoms with E-state index in [1.807, 2.05) is 43.6 Å². The number of imidazole rings is 1. The van der Waals surface area contributed by atoms with E-state index in [0.29, 0.717) is 0 Å². The number of hydrogen-bond donors (Lipinski definition) is 0. The van der Waals surface area contributed by atoms with Gasteiger partial charge >= 0.3 is 0 Å². The van der Waals surface area contributed by atoms with Crippen molar-refractivity contribution >= 4 is 11.6 Å². The average molecular weight is 295 g/mol. The van der Waals surface area contributed by atoms with Gasteiger partial charge in [-0.1, -0.05) is 6.07 Å². The number of nitrogens with zero attached hydrogens (tertiary/aromatic N) is 5. The summed E-state index contributed by atoms with van der Waals surface area (Å²) in [6, 6.07) is 7.93. The number of aryl methyl sites for hydroxylation is 1. The highest BCUT2D eigenvalue weighted by molar-refractivity contribution is 5.64. The lowest BCUT2D eigenvalue weighted by Gasteiger charge is -2.26. The van der Waals surface area contributed by atoms with E-state index in [1.165, 1.54) is 0 Å². The smallest absolute Gasteiger partial charge is 0.226 e. The van der Waals surface area contributed by atoms with Crippen molar-refractivity contribution in [2.45, 2.75) is 6.92 Å². The van der Waals surface area contributed by atoms with Crippen LogP contribution in [0.15, 0.2) is 36.7 Å². The second-order valence-corrected chi connectivity index (χ2v) is 5.32. The largest absolute Gasteiger partial charge is 0.378 e. The summed E-state index contributed by atoms with van der Waals surface area (Å²) >= 11 is 0. The van der Waals surface area contributed by atoms with Crippen molar-refractivity contribution in [3.8, 4) is 11.4 Å². The van der Waals surface area contributed by atoms with Crippen molar-refractivity contribution in [2.24, 2.45) is 0 Å². The summed E-state index contributed by atoms with van der Waals surface area (Å²) in [5, 5.41) is 0. The number of anilines is 1. The standard InChI is InChI=1S/C16H17N5O/c1-12-15(21-7-3-2-4-14(21)18-12)13-5-6-17-16(19-13)20-8-10-22-11-9-20/h2-7H,8-11H2,1H3. The van der Waals surface area contributed by atoms with Crippen LogP contribution < -0.4 is 4.90 Å². The molecule has 3 aromatic rings. The Labute approximate surface area is 128 Å². The minimum Gasteiger partial charge on any atom is -0.378 e. The maximum atomic E-state index is 5.39. The van der Waals surface area contributed by atoms with E-state index in [1.54, 1.807) is 0 Å². The maximum absolute atomic E-state index is 5.39. The van der Waals surface area contributed by atoms with Crippen molar-refractivity contribution in [1.82, 2.24) is 19.4 Å². The highest BCUT2D eigenvalue weighted by Gasteiger charge is 2.17. The molecule has 112 valence electrons. The van der Waals surface area contributed by atoms with Gasteiger partial charge in [-0.2, -0.15) is 0 Å². The average Bonchev–Trinajstić information content (AvgIpc) is 2.91. The molecule has 0 aromatic carbocycles. The van der Waals surface area contributed by atoms with E-state index in [0.717, 1.165) is 55.0 Å². The molecular formula is C16H17N5O. The Kier molecular flexibility index (Phi) is 3.23. The Bertz CT molecular complexity index is 807. The number of aromatic nitrogens is 4. The molecule has 4 heterocycles. The fourth-order valence-corrected chi connectivity index (χ4v) is 2.82. The Balaban J connectivity index is 1.80. The minimum absolute atomic E-state index is 0.724. The lowest BCUT2D eigenvalue weighted by Crippen LogP contribution is -2.37. The van der Waals surface area contributed by atoms with Gasteiger partial charge in [0.1, 0.15) is 5.65 Å². The molecule has 0 aliphatic carbocycles. The molecule has 3 aromatic heterocycles. The van der Waals surface area contributed by atoms with E-state index >= 15 is 0 Å². The number of pyridine rings is 1. The second-order valence-electron chi connectivity index (χ2n) is 5.32. The van der Waals surface area contributed by atoms with Crippen LogP contribution in [0.4, 0.5) is 5.95 Å². The van der Waals surface area contributed by atoms with Crippen LogP contribution in [0.25, 0.3) is 17.0 Å². The third-order valence-corrected chi connectivity index (χ3v) is 3.88. The SMILES string of the molecule is Cc1nc2ccccn2c1-c1ccnc(N2CCOCC2)n1. The van der Waals surface area contributed by atoms with Gasteiger partial charge in [0.2, 0.25) is 5.95 Å². The first-order valence-corrected chi connectivity index (χ1v) is 7.43. The highest BCUT2D eigenvalue weighted by atomic mass is 16.5. The van der Waals surface area contributed by atoms with Gasteiger partial charge < -0.3 is 9.64 Å². The third-order valence-electron chi connectivity index (χ3n) is 3.88. The topological polar surface area (TPSA) is 55.5 Å². The van der Waals surface area contributed by atoms with Gasteiger partial charge in [-0.3, -0.25) is 4.40 Å². The summed E-state index contributed by atoms with van der Waals surface area (Å²) in [5.74, 6) is 0.756. The van der Waals surface area contributed by atoms with Crippen LogP contribution in [0.3, 0.4) is 0 Å². The van der Waals surface area contributed by atoms with Crippen LogP contribution in [0.5, 0.6) is 0 Å². The number of hydrogen-bond acceptors (Lipinski definition) is 5. The number of ether oxygens (including phenoxy) is 1. The first-order valence-electron chi connectivity index (χ1n) is 7.43. The van der Waals surface area contributed by atoms with Crippen LogP contribution in [-0.2, 0) is 4.74 Å². The molecule has 1 aliphatic heterocycles. The molecule has 1 aliphatic rings. The van der Waals surface area contributed by atoms with Gasteiger partial charge in [-0.25, -0.2) is 15.0 Å². The van der Waals surface area contributed by atoms with Crippen LogP contribution in [0, 0.1) is 6.92 Å². The van der Waals surface area contributed by atoms with Crippen LogP contribution in [-0.4, -0.2) is 45.7 Å². The molecule has 0 N–H and O–H groups in total. The van der Waals surface area contributed by atoms with Crippen molar-refractivity contribution in [3.63, 3.8) is 0 Å². The van der Waals surface area contributed by atoms with Crippen molar-refractivity contribution in [1.29, 1.82) is 0 Å². The van der Waals surface area contributed by atoms with Gasteiger partial charge in [-0.05, 0) is 25.1 Å². The molecule has 1 saturated heterocycles. The number of fused-ring (bicyclic) bond motifs is 1. The highest BCUT2D eigenvalue weighted by Crippen LogP contribution is 2.24. The molecular weight excluding hydrogens is 278 g/mol. The molecule has 6 heteroatoms. The zero-order valence-electron chi connectivity index (χ0n) is 12.4. The van der Waals surface area contributed by atoms with Gasteiger partial charge in [0, 0.05) is 25.5 Å². The fraction of sp³-hybridized carbons (Fsp3) is 0.312. The normalized spacial score (nSPS) is 15.4. The molecule has 6 nitrogen and oxygen atoms in total. The number of rotatable bonds is 2. The van der Waals surface area contributed by atoms with Crippen molar-refractivity contribution < 1.29 is 4.74 Å². The molecule has 0 saturated carbocycles. The molecule has 0 unspecified atom stereocenters. The van der Waals surface area contributed by atoms with Gasteiger partial charge in [0.05, 0.1) is 30.3 Å². The monoisotopic (exact) mass is 295 g/mol. The lowest BCUT2D eigenvalue weighted by molar-refractivity contribution is 0.122. The summed E-state index contributed by atoms with van der Waals surface area (Å²) in [6.45, 7) is 5.12. The maximum Gasteiger partial charge on any atom is 0.226 e. The Morgan fingerprint density at radius 1 is 1.09 bits per heavy atom. The lowest BCUT2D eigenvalue weighted by atomic mass is 10.2. The van der Waals surface area contributed by atoms with Crippen molar-refractivity contribution in [2.75, 3.05) is 31.2 Å². The zero-order valence-corrected chi connectivity index (χ0v) is 12.4. The first-order chi connectivity index (χ1) is 10.8. The van der Waals surface area contributed by atoms with Gasteiger partial charge in [-0.15, -0.1) is 0 Å². The second kappa shape index (κ2) is 5.38.